The highest BCUT2D eigenvalue weighted by Gasteiger charge is 2.16. The Balaban J connectivity index is 1.61. The Morgan fingerprint density at radius 3 is 2.48 bits per heavy atom. The molecule has 0 bridgehead atoms. The number of esters is 1. The summed E-state index contributed by atoms with van der Waals surface area (Å²) in [5.41, 5.74) is 3.39. The highest BCUT2D eigenvalue weighted by molar-refractivity contribution is 5.76. The molecule has 0 heterocycles. The van der Waals surface area contributed by atoms with Crippen LogP contribution in [0, 0.1) is 13.8 Å². The van der Waals surface area contributed by atoms with Crippen molar-refractivity contribution >= 4 is 11.9 Å². The molecule has 0 fully saturated rings. The number of amides is 1. The van der Waals surface area contributed by atoms with Gasteiger partial charge in [-0.15, -0.1) is 0 Å². The fourth-order valence-corrected chi connectivity index (χ4v) is 2.50. The van der Waals surface area contributed by atoms with Gasteiger partial charge in [0.05, 0.1) is 6.54 Å². The molecule has 0 saturated carbocycles. The number of hydrogen-bond donors (Lipinski definition) is 1. The number of carbonyl (C=O) groups is 2. The van der Waals surface area contributed by atoms with Crippen molar-refractivity contribution in [3.8, 4) is 5.75 Å². The van der Waals surface area contributed by atoms with Crippen LogP contribution in [0.4, 0.5) is 0 Å². The third kappa shape index (κ3) is 7.52. The van der Waals surface area contributed by atoms with Gasteiger partial charge in [0.2, 0.25) is 5.91 Å². The summed E-state index contributed by atoms with van der Waals surface area (Å²) in [6.45, 7) is 6.04. The largest absolute Gasteiger partial charge is 0.479 e. The summed E-state index contributed by atoms with van der Waals surface area (Å²) in [6, 6.07) is 15.6. The van der Waals surface area contributed by atoms with E-state index in [1.807, 2.05) is 56.3 Å². The highest BCUT2D eigenvalue weighted by atomic mass is 16.6. The summed E-state index contributed by atoms with van der Waals surface area (Å²) in [7, 11) is 0. The van der Waals surface area contributed by atoms with Crippen LogP contribution in [0.15, 0.2) is 48.5 Å². The van der Waals surface area contributed by atoms with Gasteiger partial charge in [-0.1, -0.05) is 42.0 Å². The lowest BCUT2D eigenvalue weighted by molar-refractivity contribution is -0.151. The van der Waals surface area contributed by atoms with Crippen LogP contribution in [0.3, 0.4) is 0 Å². The van der Waals surface area contributed by atoms with Crippen molar-refractivity contribution in [3.05, 3.63) is 65.2 Å². The number of nitrogens with one attached hydrogen (secondary N) is 1. The fourth-order valence-electron chi connectivity index (χ4n) is 2.50. The molecule has 5 nitrogen and oxygen atoms in total. The molecule has 0 spiro atoms. The van der Waals surface area contributed by atoms with Crippen LogP contribution >= 0.6 is 0 Å². The van der Waals surface area contributed by atoms with Crippen molar-refractivity contribution in [1.82, 2.24) is 5.32 Å². The Hall–Kier alpha value is -2.82. The van der Waals surface area contributed by atoms with Gasteiger partial charge in [-0.2, -0.15) is 0 Å². The lowest BCUT2D eigenvalue weighted by atomic mass is 10.1. The van der Waals surface area contributed by atoms with Crippen molar-refractivity contribution in [1.29, 1.82) is 0 Å². The summed E-state index contributed by atoms with van der Waals surface area (Å²) in [5.74, 6) is 0.116. The maximum Gasteiger partial charge on any atom is 0.347 e. The summed E-state index contributed by atoms with van der Waals surface area (Å²) in [5, 5.41) is 2.76. The Morgan fingerprint density at radius 2 is 1.78 bits per heavy atom. The van der Waals surface area contributed by atoms with Crippen LogP contribution in [0.2, 0.25) is 0 Å². The van der Waals surface area contributed by atoms with E-state index in [-0.39, 0.29) is 19.1 Å². The summed E-state index contributed by atoms with van der Waals surface area (Å²) in [6.07, 6.45) is 0.390. The number of hydrogen-bond acceptors (Lipinski definition) is 4. The van der Waals surface area contributed by atoms with E-state index < -0.39 is 12.1 Å². The second-order valence-corrected chi connectivity index (χ2v) is 6.58. The van der Waals surface area contributed by atoms with E-state index in [9.17, 15) is 9.59 Å². The maximum atomic E-state index is 12.0. The van der Waals surface area contributed by atoms with E-state index >= 15 is 0 Å². The van der Waals surface area contributed by atoms with Gasteiger partial charge in [0.25, 0.3) is 0 Å². The Labute approximate surface area is 160 Å². The molecule has 1 atom stereocenters. The molecule has 0 radical (unpaired) electrons. The lowest BCUT2D eigenvalue weighted by Gasteiger charge is -2.14. The Morgan fingerprint density at radius 1 is 1.04 bits per heavy atom. The maximum absolute atomic E-state index is 12.0. The Bertz CT molecular complexity index is 755. The molecule has 1 N–H and O–H groups in total. The molecule has 27 heavy (non-hydrogen) atoms. The molecule has 0 aromatic heterocycles. The van der Waals surface area contributed by atoms with Gasteiger partial charge in [0.1, 0.15) is 12.4 Å². The predicted molar refractivity (Wildman–Crippen MR) is 105 cm³/mol. The second kappa shape index (κ2) is 10.4. The van der Waals surface area contributed by atoms with Gasteiger partial charge >= 0.3 is 5.97 Å². The number of rotatable bonds is 9. The first kappa shape index (κ1) is 20.5. The molecule has 5 heteroatoms. The number of benzene rings is 2. The lowest BCUT2D eigenvalue weighted by Crippen LogP contribution is -2.31. The van der Waals surface area contributed by atoms with Crippen molar-refractivity contribution in [3.63, 3.8) is 0 Å². The quantitative estimate of drug-likeness (QED) is 0.544. The molecule has 0 aliphatic rings. The van der Waals surface area contributed by atoms with Crippen LogP contribution in [-0.4, -0.2) is 31.1 Å². The van der Waals surface area contributed by atoms with Gasteiger partial charge in [-0.3, -0.25) is 4.79 Å². The zero-order valence-electron chi connectivity index (χ0n) is 16.2. The van der Waals surface area contributed by atoms with Crippen molar-refractivity contribution in [2.45, 2.75) is 39.7 Å². The van der Waals surface area contributed by atoms with Gasteiger partial charge in [0, 0.05) is 6.42 Å². The molecule has 0 aliphatic heterocycles. The van der Waals surface area contributed by atoms with E-state index in [0.717, 1.165) is 11.1 Å². The van der Waals surface area contributed by atoms with Crippen LogP contribution in [0.1, 0.15) is 30.0 Å². The minimum absolute atomic E-state index is 0.0596. The van der Waals surface area contributed by atoms with E-state index in [2.05, 4.69) is 5.32 Å². The van der Waals surface area contributed by atoms with Crippen LogP contribution in [0.25, 0.3) is 0 Å². The molecular weight excluding hydrogens is 342 g/mol. The van der Waals surface area contributed by atoms with Crippen molar-refractivity contribution in [2.24, 2.45) is 0 Å². The summed E-state index contributed by atoms with van der Waals surface area (Å²) < 4.78 is 10.7. The molecule has 144 valence electrons. The molecule has 0 aliphatic carbocycles. The first-order valence-electron chi connectivity index (χ1n) is 9.16. The van der Waals surface area contributed by atoms with E-state index in [1.165, 1.54) is 5.56 Å². The second-order valence-electron chi connectivity index (χ2n) is 6.58. The molecular formula is C22H27NO4. The molecule has 1 unspecified atom stereocenters. The third-order valence-electron chi connectivity index (χ3n) is 4.06. The minimum Gasteiger partial charge on any atom is -0.479 e. The number of ether oxygens (including phenoxy) is 2. The fraction of sp³-hybridized carbons (Fsp3) is 0.364. The van der Waals surface area contributed by atoms with Crippen LogP contribution < -0.4 is 10.1 Å². The van der Waals surface area contributed by atoms with E-state index in [4.69, 9.17) is 9.47 Å². The van der Waals surface area contributed by atoms with Crippen LogP contribution in [-0.2, 0) is 20.7 Å². The average molecular weight is 369 g/mol. The van der Waals surface area contributed by atoms with Gasteiger partial charge < -0.3 is 14.8 Å². The molecule has 2 aromatic carbocycles. The van der Waals surface area contributed by atoms with E-state index in [0.29, 0.717) is 18.6 Å². The first-order valence-corrected chi connectivity index (χ1v) is 9.16. The standard InChI is InChI=1S/C22H27NO4/c1-16-7-9-19(10-8-16)11-12-21(24)23-13-14-26-22(25)18(3)27-20-6-4-5-17(2)15-20/h4-10,15,18H,11-14H2,1-3H3,(H,23,24). The first-order chi connectivity index (χ1) is 12.9. The van der Waals surface area contributed by atoms with Gasteiger partial charge in [-0.25, -0.2) is 4.79 Å². The number of aryl methyl sites for hydroxylation is 3. The van der Waals surface area contributed by atoms with Gasteiger partial charge in [0.15, 0.2) is 6.10 Å². The average Bonchev–Trinajstić information content (AvgIpc) is 2.64. The zero-order chi connectivity index (χ0) is 19.6. The monoisotopic (exact) mass is 369 g/mol. The highest BCUT2D eigenvalue weighted by Crippen LogP contribution is 2.14. The zero-order valence-corrected chi connectivity index (χ0v) is 16.2. The van der Waals surface area contributed by atoms with Crippen molar-refractivity contribution in [2.75, 3.05) is 13.2 Å². The minimum atomic E-state index is -0.705. The summed E-state index contributed by atoms with van der Waals surface area (Å²) >= 11 is 0. The van der Waals surface area contributed by atoms with Crippen molar-refractivity contribution < 1.29 is 19.1 Å². The molecule has 0 saturated heterocycles. The van der Waals surface area contributed by atoms with E-state index in [1.54, 1.807) is 13.0 Å². The summed E-state index contributed by atoms with van der Waals surface area (Å²) in [4.78, 5) is 23.8. The van der Waals surface area contributed by atoms with Crippen LogP contribution in [0.5, 0.6) is 5.75 Å². The third-order valence-corrected chi connectivity index (χ3v) is 4.06. The molecule has 1 amide bonds. The smallest absolute Gasteiger partial charge is 0.347 e. The Kier molecular flexibility index (Phi) is 7.86. The SMILES string of the molecule is Cc1ccc(CCC(=O)NCCOC(=O)C(C)Oc2cccc(C)c2)cc1. The predicted octanol–water partition coefficient (Wildman–Crippen LogP) is 3.36. The normalized spacial score (nSPS) is 11.5. The molecule has 2 rings (SSSR count). The molecule has 2 aromatic rings. The number of carbonyl (C=O) groups excluding carboxylic acids is 2. The topological polar surface area (TPSA) is 64.6 Å². The van der Waals surface area contributed by atoms with Gasteiger partial charge in [-0.05, 0) is 50.5 Å².